The molecule has 2 aliphatic rings. The molecule has 1 unspecified atom stereocenters. The molecule has 1 saturated heterocycles. The highest BCUT2D eigenvalue weighted by Gasteiger charge is 2.38. The first kappa shape index (κ1) is 21.8. The fourth-order valence-corrected chi connectivity index (χ4v) is 5.09. The van der Waals surface area contributed by atoms with Gasteiger partial charge in [-0.25, -0.2) is 0 Å². The summed E-state index contributed by atoms with van der Waals surface area (Å²) in [7, 11) is 0. The SMILES string of the molecule is CCOC(=O)CC1(NC(=O)CC2C(=O)NCCN2Cc2cccs2)CCCCC1. The number of hydrogen-bond donors (Lipinski definition) is 2. The number of rotatable bonds is 8. The Balaban J connectivity index is 1.65. The summed E-state index contributed by atoms with van der Waals surface area (Å²) in [5, 5.41) is 8.02. The van der Waals surface area contributed by atoms with Crippen molar-refractivity contribution in [2.24, 2.45) is 0 Å². The summed E-state index contributed by atoms with van der Waals surface area (Å²) in [4.78, 5) is 40.8. The molecule has 160 valence electrons. The van der Waals surface area contributed by atoms with Crippen molar-refractivity contribution in [3.05, 3.63) is 22.4 Å². The van der Waals surface area contributed by atoms with E-state index < -0.39 is 11.6 Å². The van der Waals surface area contributed by atoms with Crippen molar-refractivity contribution in [2.45, 2.75) is 70.0 Å². The van der Waals surface area contributed by atoms with Gasteiger partial charge in [-0.1, -0.05) is 25.3 Å². The van der Waals surface area contributed by atoms with Crippen molar-refractivity contribution < 1.29 is 19.1 Å². The van der Waals surface area contributed by atoms with Gasteiger partial charge in [-0.05, 0) is 31.2 Å². The van der Waals surface area contributed by atoms with Gasteiger partial charge in [0.1, 0.15) is 0 Å². The maximum atomic E-state index is 13.0. The fraction of sp³-hybridized carbons (Fsp3) is 0.667. The predicted molar refractivity (Wildman–Crippen MR) is 111 cm³/mol. The molecule has 2 fully saturated rings. The molecular weight excluding hydrogens is 390 g/mol. The Morgan fingerprint density at radius 1 is 1.34 bits per heavy atom. The summed E-state index contributed by atoms with van der Waals surface area (Å²) < 4.78 is 5.13. The van der Waals surface area contributed by atoms with E-state index >= 15 is 0 Å². The van der Waals surface area contributed by atoms with E-state index in [0.717, 1.165) is 38.6 Å². The van der Waals surface area contributed by atoms with Gasteiger partial charge in [0.25, 0.3) is 0 Å². The van der Waals surface area contributed by atoms with Crippen LogP contribution in [0.5, 0.6) is 0 Å². The zero-order valence-electron chi connectivity index (χ0n) is 17.1. The molecule has 7 nitrogen and oxygen atoms in total. The zero-order valence-corrected chi connectivity index (χ0v) is 17.9. The molecule has 1 atom stereocenters. The topological polar surface area (TPSA) is 87.7 Å². The van der Waals surface area contributed by atoms with Crippen LogP contribution < -0.4 is 10.6 Å². The van der Waals surface area contributed by atoms with Gasteiger partial charge in [0, 0.05) is 24.5 Å². The number of thiophene rings is 1. The smallest absolute Gasteiger partial charge is 0.308 e. The van der Waals surface area contributed by atoms with E-state index in [1.807, 2.05) is 17.5 Å². The summed E-state index contributed by atoms with van der Waals surface area (Å²) in [5.74, 6) is -0.551. The molecule has 1 aromatic heterocycles. The summed E-state index contributed by atoms with van der Waals surface area (Å²) in [6, 6.07) is 3.55. The second kappa shape index (κ2) is 10.2. The quantitative estimate of drug-likeness (QED) is 0.629. The fourth-order valence-electron chi connectivity index (χ4n) is 4.36. The van der Waals surface area contributed by atoms with Crippen molar-refractivity contribution in [1.29, 1.82) is 0 Å². The van der Waals surface area contributed by atoms with Crippen LogP contribution >= 0.6 is 11.3 Å². The molecule has 1 aromatic rings. The van der Waals surface area contributed by atoms with Crippen LogP contribution in [0.15, 0.2) is 17.5 Å². The number of nitrogens with zero attached hydrogens (tertiary/aromatic N) is 1. The lowest BCUT2D eigenvalue weighted by molar-refractivity contribution is -0.146. The molecule has 1 aliphatic carbocycles. The highest BCUT2D eigenvalue weighted by molar-refractivity contribution is 7.09. The minimum atomic E-state index is -0.550. The predicted octanol–water partition coefficient (Wildman–Crippen LogP) is 2.21. The molecule has 29 heavy (non-hydrogen) atoms. The van der Waals surface area contributed by atoms with Crippen LogP contribution in [0.25, 0.3) is 0 Å². The lowest BCUT2D eigenvalue weighted by atomic mass is 9.79. The van der Waals surface area contributed by atoms with Crippen LogP contribution in [-0.4, -0.2) is 54.0 Å². The Bertz CT molecular complexity index is 701. The van der Waals surface area contributed by atoms with Gasteiger partial charge in [-0.2, -0.15) is 0 Å². The minimum Gasteiger partial charge on any atom is -0.466 e. The van der Waals surface area contributed by atoms with E-state index in [9.17, 15) is 14.4 Å². The van der Waals surface area contributed by atoms with Crippen molar-refractivity contribution in [2.75, 3.05) is 19.7 Å². The molecule has 8 heteroatoms. The molecule has 1 aliphatic heterocycles. The van der Waals surface area contributed by atoms with E-state index in [-0.39, 0.29) is 30.6 Å². The molecule has 0 spiro atoms. The third-order valence-electron chi connectivity index (χ3n) is 5.76. The Kier molecular flexibility index (Phi) is 7.66. The molecule has 1 saturated carbocycles. The molecule has 0 radical (unpaired) electrons. The first-order valence-corrected chi connectivity index (χ1v) is 11.4. The number of carbonyl (C=O) groups excluding carboxylic acids is 3. The molecule has 2 amide bonds. The average Bonchev–Trinajstić information content (AvgIpc) is 3.18. The number of nitrogens with one attached hydrogen (secondary N) is 2. The van der Waals surface area contributed by atoms with Gasteiger partial charge in [0.2, 0.25) is 11.8 Å². The molecule has 0 bridgehead atoms. The number of ether oxygens (including phenoxy) is 1. The lowest BCUT2D eigenvalue weighted by Crippen LogP contribution is -2.58. The van der Waals surface area contributed by atoms with Gasteiger partial charge in [-0.15, -0.1) is 11.3 Å². The van der Waals surface area contributed by atoms with Crippen LogP contribution in [0.2, 0.25) is 0 Å². The standard InChI is InChI=1S/C21H31N3O4S/c1-2-28-19(26)14-21(8-4-3-5-9-21)23-18(25)13-17-20(27)22-10-11-24(17)15-16-7-6-12-29-16/h6-7,12,17H,2-5,8-11,13-15H2,1H3,(H,22,27)(H,23,25). The van der Waals surface area contributed by atoms with Crippen LogP contribution in [0.1, 0.15) is 56.7 Å². The van der Waals surface area contributed by atoms with Crippen LogP contribution in [-0.2, 0) is 25.7 Å². The summed E-state index contributed by atoms with van der Waals surface area (Å²) in [6.07, 6.45) is 4.91. The van der Waals surface area contributed by atoms with Crippen LogP contribution in [0.4, 0.5) is 0 Å². The van der Waals surface area contributed by atoms with Gasteiger partial charge in [0.15, 0.2) is 0 Å². The summed E-state index contributed by atoms with van der Waals surface area (Å²) in [5.41, 5.74) is -0.550. The van der Waals surface area contributed by atoms with Crippen molar-refractivity contribution in [3.63, 3.8) is 0 Å². The Morgan fingerprint density at radius 3 is 2.83 bits per heavy atom. The zero-order chi connectivity index (χ0) is 20.7. The maximum Gasteiger partial charge on any atom is 0.308 e. The molecule has 0 aromatic carbocycles. The maximum absolute atomic E-state index is 13.0. The molecule has 2 heterocycles. The normalized spacial score (nSPS) is 22.0. The number of carbonyl (C=O) groups is 3. The summed E-state index contributed by atoms with van der Waals surface area (Å²) >= 11 is 1.65. The van der Waals surface area contributed by atoms with E-state index in [4.69, 9.17) is 4.74 Å². The van der Waals surface area contributed by atoms with Gasteiger partial charge in [0.05, 0.1) is 31.0 Å². The van der Waals surface area contributed by atoms with E-state index in [2.05, 4.69) is 15.5 Å². The van der Waals surface area contributed by atoms with Gasteiger partial charge in [-0.3, -0.25) is 19.3 Å². The minimum absolute atomic E-state index is 0.0990. The van der Waals surface area contributed by atoms with Crippen molar-refractivity contribution in [3.8, 4) is 0 Å². The first-order valence-electron chi connectivity index (χ1n) is 10.5. The van der Waals surface area contributed by atoms with E-state index in [1.165, 1.54) is 4.88 Å². The number of esters is 1. The number of amides is 2. The molecule has 3 rings (SSSR count). The van der Waals surface area contributed by atoms with E-state index in [0.29, 0.717) is 19.7 Å². The first-order chi connectivity index (χ1) is 14.0. The average molecular weight is 422 g/mol. The second-order valence-corrected chi connectivity index (χ2v) is 8.96. The number of hydrogen-bond acceptors (Lipinski definition) is 6. The third kappa shape index (κ3) is 6.02. The van der Waals surface area contributed by atoms with Gasteiger partial charge < -0.3 is 15.4 Å². The van der Waals surface area contributed by atoms with Crippen molar-refractivity contribution in [1.82, 2.24) is 15.5 Å². The Hall–Kier alpha value is -1.93. The van der Waals surface area contributed by atoms with E-state index in [1.54, 1.807) is 18.3 Å². The monoisotopic (exact) mass is 421 g/mol. The Labute approximate surface area is 176 Å². The largest absolute Gasteiger partial charge is 0.466 e. The lowest BCUT2D eigenvalue weighted by Gasteiger charge is -2.39. The highest BCUT2D eigenvalue weighted by atomic mass is 32.1. The highest BCUT2D eigenvalue weighted by Crippen LogP contribution is 2.32. The van der Waals surface area contributed by atoms with Crippen molar-refractivity contribution >= 4 is 29.1 Å². The van der Waals surface area contributed by atoms with Crippen LogP contribution in [0, 0.1) is 0 Å². The van der Waals surface area contributed by atoms with Crippen LogP contribution in [0.3, 0.4) is 0 Å². The van der Waals surface area contributed by atoms with Gasteiger partial charge >= 0.3 is 5.97 Å². The third-order valence-corrected chi connectivity index (χ3v) is 6.62. The molecule has 2 N–H and O–H groups in total. The Morgan fingerprint density at radius 2 is 2.14 bits per heavy atom. The summed E-state index contributed by atoms with van der Waals surface area (Å²) in [6.45, 7) is 4.10. The molecular formula is C21H31N3O4S. The number of piperazine rings is 1. The second-order valence-electron chi connectivity index (χ2n) is 7.93.